The first kappa shape index (κ1) is 26.5. The Bertz CT molecular complexity index is 1290. The van der Waals surface area contributed by atoms with Crippen molar-refractivity contribution in [2.45, 2.75) is 20.8 Å². The number of methoxy groups -OCH3 is 1. The summed E-state index contributed by atoms with van der Waals surface area (Å²) in [6.07, 6.45) is 2.63. The van der Waals surface area contributed by atoms with Gasteiger partial charge in [0.25, 0.3) is 5.91 Å². The van der Waals surface area contributed by atoms with Gasteiger partial charge in [-0.2, -0.15) is 0 Å². The number of phenols is 1. The summed E-state index contributed by atoms with van der Waals surface area (Å²) in [7, 11) is 1.42. The van der Waals surface area contributed by atoms with Crippen LogP contribution in [0.4, 0.5) is 5.00 Å². The molecule has 0 bridgehead atoms. The van der Waals surface area contributed by atoms with Crippen molar-refractivity contribution in [1.29, 1.82) is 0 Å². The molecule has 0 saturated carbocycles. The largest absolute Gasteiger partial charge is 0.504 e. The fraction of sp³-hybridized carbons (Fsp3) is 0.222. The maximum atomic E-state index is 12.8. The van der Waals surface area contributed by atoms with Crippen molar-refractivity contribution < 1.29 is 33.7 Å². The lowest BCUT2D eigenvalue weighted by atomic mass is 10.0. The highest BCUT2D eigenvalue weighted by molar-refractivity contribution is 7.17. The van der Waals surface area contributed by atoms with Crippen LogP contribution in [0.2, 0.25) is 0 Å². The molecule has 36 heavy (non-hydrogen) atoms. The number of aryl methyl sites for hydroxylation is 2. The van der Waals surface area contributed by atoms with Crippen LogP contribution in [-0.2, 0) is 19.1 Å². The van der Waals surface area contributed by atoms with E-state index in [0.717, 1.165) is 22.1 Å². The van der Waals surface area contributed by atoms with Gasteiger partial charge in [0.2, 0.25) is 0 Å². The van der Waals surface area contributed by atoms with E-state index in [-0.39, 0.29) is 23.7 Å². The van der Waals surface area contributed by atoms with Crippen molar-refractivity contribution in [3.05, 3.63) is 70.1 Å². The number of esters is 2. The van der Waals surface area contributed by atoms with Crippen molar-refractivity contribution in [1.82, 2.24) is 0 Å². The maximum absolute atomic E-state index is 12.8. The molecule has 2 N–H and O–H groups in total. The Morgan fingerprint density at radius 1 is 1.06 bits per heavy atom. The normalized spacial score (nSPS) is 10.8. The molecule has 0 radical (unpaired) electrons. The number of anilines is 1. The number of carbonyl (C=O) groups is 3. The zero-order valence-corrected chi connectivity index (χ0v) is 21.2. The number of nitrogens with one attached hydrogen (secondary N) is 1. The van der Waals surface area contributed by atoms with Crippen LogP contribution in [0.1, 0.15) is 33.3 Å². The SMILES string of the molecule is CCOC(=O)c1c(NC(=O)COC(=O)C=Cc2ccc(O)c(OC)c2)sc(C)c1-c1ccc(C)cc1. The molecule has 0 aliphatic rings. The average molecular weight is 510 g/mol. The molecule has 0 spiro atoms. The lowest BCUT2D eigenvalue weighted by Gasteiger charge is -2.09. The van der Waals surface area contributed by atoms with Crippen molar-refractivity contribution in [2.24, 2.45) is 0 Å². The second-order valence-electron chi connectivity index (χ2n) is 7.74. The molecular weight excluding hydrogens is 482 g/mol. The van der Waals surface area contributed by atoms with Crippen molar-refractivity contribution in [2.75, 3.05) is 25.6 Å². The Hall–Kier alpha value is -4.11. The zero-order chi connectivity index (χ0) is 26.2. The standard InChI is InChI=1S/C27H27NO7S/c1-5-34-27(32)25-24(19-10-6-16(2)7-11-19)17(3)36-26(25)28-22(30)15-35-23(31)13-9-18-8-12-20(29)21(14-18)33-4/h6-14,29H,5,15H2,1-4H3,(H,28,30). The molecule has 188 valence electrons. The van der Waals surface area contributed by atoms with Gasteiger partial charge in [0, 0.05) is 16.5 Å². The number of hydrogen-bond donors (Lipinski definition) is 2. The van der Waals surface area contributed by atoms with E-state index in [1.165, 1.54) is 30.6 Å². The molecule has 1 aromatic heterocycles. The van der Waals surface area contributed by atoms with Crippen LogP contribution in [0.5, 0.6) is 11.5 Å². The summed E-state index contributed by atoms with van der Waals surface area (Å²) >= 11 is 1.25. The summed E-state index contributed by atoms with van der Waals surface area (Å²) in [4.78, 5) is 38.3. The van der Waals surface area contributed by atoms with E-state index in [1.807, 2.05) is 38.1 Å². The molecule has 3 aromatic rings. The lowest BCUT2D eigenvalue weighted by molar-refractivity contribution is -0.142. The molecule has 1 amide bonds. The first-order chi connectivity index (χ1) is 17.2. The third-order valence-electron chi connectivity index (χ3n) is 5.12. The van der Waals surface area contributed by atoms with Gasteiger partial charge < -0.3 is 24.6 Å². The Balaban J connectivity index is 1.71. The number of amides is 1. The molecule has 0 fully saturated rings. The summed E-state index contributed by atoms with van der Waals surface area (Å²) in [6.45, 7) is 5.19. The van der Waals surface area contributed by atoms with E-state index in [9.17, 15) is 19.5 Å². The monoisotopic (exact) mass is 509 g/mol. The second kappa shape index (κ2) is 12.0. The fourth-order valence-corrected chi connectivity index (χ4v) is 4.49. The summed E-state index contributed by atoms with van der Waals surface area (Å²) < 4.78 is 15.3. The second-order valence-corrected chi connectivity index (χ2v) is 8.97. The van der Waals surface area contributed by atoms with Crippen LogP contribution in [0.3, 0.4) is 0 Å². The van der Waals surface area contributed by atoms with Gasteiger partial charge in [0.15, 0.2) is 18.1 Å². The highest BCUT2D eigenvalue weighted by atomic mass is 32.1. The summed E-state index contributed by atoms with van der Waals surface area (Å²) in [5.41, 5.74) is 3.48. The van der Waals surface area contributed by atoms with E-state index >= 15 is 0 Å². The number of benzene rings is 2. The van der Waals surface area contributed by atoms with Crippen LogP contribution in [0, 0.1) is 13.8 Å². The van der Waals surface area contributed by atoms with Crippen LogP contribution in [-0.4, -0.2) is 43.3 Å². The molecule has 3 rings (SSSR count). The molecule has 0 saturated heterocycles. The van der Waals surface area contributed by atoms with Gasteiger partial charge in [-0.15, -0.1) is 11.3 Å². The molecule has 1 heterocycles. The Kier molecular flexibility index (Phi) is 8.86. The Morgan fingerprint density at radius 3 is 2.44 bits per heavy atom. The average Bonchev–Trinajstić information content (AvgIpc) is 3.18. The minimum atomic E-state index is -0.731. The maximum Gasteiger partial charge on any atom is 0.341 e. The molecule has 0 aliphatic carbocycles. The van der Waals surface area contributed by atoms with Crippen LogP contribution in [0.25, 0.3) is 17.2 Å². The van der Waals surface area contributed by atoms with E-state index in [4.69, 9.17) is 14.2 Å². The summed E-state index contributed by atoms with van der Waals surface area (Å²) in [6, 6.07) is 12.3. The van der Waals surface area contributed by atoms with Gasteiger partial charge >= 0.3 is 11.9 Å². The van der Waals surface area contributed by atoms with E-state index in [2.05, 4.69) is 5.32 Å². The number of carbonyl (C=O) groups excluding carboxylic acids is 3. The number of hydrogen-bond acceptors (Lipinski definition) is 8. The molecular formula is C27H27NO7S. The van der Waals surface area contributed by atoms with Crippen LogP contribution < -0.4 is 10.1 Å². The molecule has 2 aromatic carbocycles. The van der Waals surface area contributed by atoms with Crippen molar-refractivity contribution in [3.63, 3.8) is 0 Å². The molecule has 0 aliphatic heterocycles. The van der Waals surface area contributed by atoms with Gasteiger partial charge in [-0.25, -0.2) is 9.59 Å². The van der Waals surface area contributed by atoms with Crippen molar-refractivity contribution in [3.8, 4) is 22.6 Å². The first-order valence-corrected chi connectivity index (χ1v) is 11.9. The molecule has 9 heteroatoms. The predicted octanol–water partition coefficient (Wildman–Crippen LogP) is 5.12. The number of thiophene rings is 1. The molecule has 0 unspecified atom stereocenters. The Morgan fingerprint density at radius 2 is 1.78 bits per heavy atom. The number of rotatable bonds is 9. The van der Waals surface area contributed by atoms with E-state index in [1.54, 1.807) is 19.1 Å². The van der Waals surface area contributed by atoms with Crippen LogP contribution >= 0.6 is 11.3 Å². The predicted molar refractivity (Wildman–Crippen MR) is 138 cm³/mol. The number of ether oxygens (including phenoxy) is 3. The van der Waals surface area contributed by atoms with Crippen molar-refractivity contribution >= 4 is 40.3 Å². The molecule has 0 atom stereocenters. The van der Waals surface area contributed by atoms with Gasteiger partial charge in [-0.05, 0) is 50.1 Å². The third-order valence-corrected chi connectivity index (χ3v) is 6.14. The summed E-state index contributed by atoms with van der Waals surface area (Å²) in [5.74, 6) is -1.63. The minimum Gasteiger partial charge on any atom is -0.504 e. The van der Waals surface area contributed by atoms with E-state index < -0.39 is 24.5 Å². The quantitative estimate of drug-likeness (QED) is 0.304. The number of phenolic OH excluding ortho intramolecular Hbond substituents is 1. The third kappa shape index (κ3) is 6.51. The lowest BCUT2D eigenvalue weighted by Crippen LogP contribution is -2.21. The molecule has 8 nitrogen and oxygen atoms in total. The topological polar surface area (TPSA) is 111 Å². The van der Waals surface area contributed by atoms with Gasteiger partial charge in [0.05, 0.1) is 13.7 Å². The summed E-state index contributed by atoms with van der Waals surface area (Å²) in [5, 5.41) is 12.6. The highest BCUT2D eigenvalue weighted by Crippen LogP contribution is 2.40. The fourth-order valence-electron chi connectivity index (χ4n) is 3.41. The Labute approximate surface area is 213 Å². The number of aromatic hydroxyl groups is 1. The van der Waals surface area contributed by atoms with Gasteiger partial charge in [-0.1, -0.05) is 35.9 Å². The van der Waals surface area contributed by atoms with Crippen LogP contribution in [0.15, 0.2) is 48.5 Å². The van der Waals surface area contributed by atoms with Gasteiger partial charge in [0.1, 0.15) is 10.6 Å². The first-order valence-electron chi connectivity index (χ1n) is 11.1. The van der Waals surface area contributed by atoms with Gasteiger partial charge in [-0.3, -0.25) is 4.79 Å². The highest BCUT2D eigenvalue weighted by Gasteiger charge is 2.25. The zero-order valence-electron chi connectivity index (χ0n) is 20.4. The van der Waals surface area contributed by atoms with E-state index in [0.29, 0.717) is 16.1 Å². The smallest absolute Gasteiger partial charge is 0.341 e. The minimum absolute atomic E-state index is 0.0227.